The fourth-order valence-corrected chi connectivity index (χ4v) is 2.12. The molecule has 92 valence electrons. The van der Waals surface area contributed by atoms with Gasteiger partial charge in [0.1, 0.15) is 11.8 Å². The highest BCUT2D eigenvalue weighted by Crippen LogP contribution is 2.26. The first-order chi connectivity index (χ1) is 8.18. The van der Waals surface area contributed by atoms with Crippen molar-refractivity contribution < 1.29 is 9.53 Å². The molecule has 1 aromatic rings. The highest BCUT2D eigenvalue weighted by atomic mass is 16.5. The summed E-state index contributed by atoms with van der Waals surface area (Å²) in [5.74, 6) is 0.896. The smallest absolute Gasteiger partial charge is 0.328 e. The van der Waals surface area contributed by atoms with Crippen molar-refractivity contribution in [3.8, 4) is 5.75 Å². The van der Waals surface area contributed by atoms with Crippen LogP contribution in [0.25, 0.3) is 0 Å². The first-order valence-electron chi connectivity index (χ1n) is 6.22. The van der Waals surface area contributed by atoms with Gasteiger partial charge in [-0.1, -0.05) is 32.0 Å². The molecule has 1 aromatic carbocycles. The summed E-state index contributed by atoms with van der Waals surface area (Å²) in [6.07, 6.45) is 1.92. The van der Waals surface area contributed by atoms with Gasteiger partial charge in [0.25, 0.3) is 0 Å². The van der Waals surface area contributed by atoms with Crippen molar-refractivity contribution >= 4 is 5.97 Å². The molecule has 1 N–H and O–H groups in total. The molecule has 17 heavy (non-hydrogen) atoms. The lowest BCUT2D eigenvalue weighted by atomic mass is 10.0. The van der Waals surface area contributed by atoms with E-state index in [0.29, 0.717) is 11.7 Å². The predicted molar refractivity (Wildman–Crippen MR) is 67.2 cm³/mol. The Labute approximate surface area is 102 Å². The van der Waals surface area contributed by atoms with Crippen molar-refractivity contribution in [2.75, 3.05) is 6.54 Å². The fourth-order valence-electron chi connectivity index (χ4n) is 2.12. The molecule has 0 aromatic heterocycles. The topological polar surface area (TPSA) is 38.3 Å². The molecular formula is C14H19NO2. The van der Waals surface area contributed by atoms with Crippen LogP contribution < -0.4 is 10.1 Å². The van der Waals surface area contributed by atoms with Crippen molar-refractivity contribution in [1.82, 2.24) is 5.32 Å². The van der Waals surface area contributed by atoms with E-state index in [1.54, 1.807) is 0 Å². The number of esters is 1. The zero-order valence-electron chi connectivity index (χ0n) is 10.4. The summed E-state index contributed by atoms with van der Waals surface area (Å²) in [6.45, 7) is 5.10. The van der Waals surface area contributed by atoms with Crippen molar-refractivity contribution in [2.24, 2.45) is 0 Å². The number of rotatable bonds is 3. The molecule has 0 spiro atoms. The molecule has 1 fully saturated rings. The van der Waals surface area contributed by atoms with Crippen LogP contribution >= 0.6 is 0 Å². The van der Waals surface area contributed by atoms with E-state index >= 15 is 0 Å². The molecule has 3 nitrogen and oxygen atoms in total. The Balaban J connectivity index is 2.09. The van der Waals surface area contributed by atoms with Crippen molar-refractivity contribution in [3.05, 3.63) is 29.8 Å². The highest BCUT2D eigenvalue weighted by Gasteiger charge is 2.24. The number of ether oxygens (including phenoxy) is 1. The van der Waals surface area contributed by atoms with E-state index in [1.165, 1.54) is 0 Å². The Kier molecular flexibility index (Phi) is 3.79. The van der Waals surface area contributed by atoms with Crippen LogP contribution in [0.2, 0.25) is 0 Å². The minimum Gasteiger partial charge on any atom is -0.425 e. The first-order valence-corrected chi connectivity index (χ1v) is 6.22. The lowest BCUT2D eigenvalue weighted by molar-refractivity contribution is -0.136. The molecule has 0 radical (unpaired) electrons. The maximum atomic E-state index is 11.9. The van der Waals surface area contributed by atoms with Crippen LogP contribution in [0.5, 0.6) is 5.75 Å². The van der Waals surface area contributed by atoms with Crippen molar-refractivity contribution in [1.29, 1.82) is 0 Å². The number of benzene rings is 1. The molecule has 0 bridgehead atoms. The molecular weight excluding hydrogens is 214 g/mol. The quantitative estimate of drug-likeness (QED) is 0.644. The van der Waals surface area contributed by atoms with E-state index in [2.05, 4.69) is 19.2 Å². The molecule has 1 saturated heterocycles. The van der Waals surface area contributed by atoms with Gasteiger partial charge in [-0.3, -0.25) is 0 Å². The maximum Gasteiger partial charge on any atom is 0.328 e. The molecule has 0 saturated carbocycles. The number of para-hydroxylation sites is 1. The average Bonchev–Trinajstić information content (AvgIpc) is 2.83. The molecule has 3 heteroatoms. The van der Waals surface area contributed by atoms with E-state index in [9.17, 15) is 4.79 Å². The normalized spacial score (nSPS) is 19.6. The van der Waals surface area contributed by atoms with Gasteiger partial charge in [0, 0.05) is 0 Å². The summed E-state index contributed by atoms with van der Waals surface area (Å²) in [7, 11) is 0. The molecule has 1 heterocycles. The van der Waals surface area contributed by atoms with Gasteiger partial charge in [-0.05, 0) is 36.9 Å². The van der Waals surface area contributed by atoms with Crippen LogP contribution in [-0.4, -0.2) is 18.6 Å². The second kappa shape index (κ2) is 5.32. The van der Waals surface area contributed by atoms with E-state index in [4.69, 9.17) is 4.74 Å². The van der Waals surface area contributed by atoms with Gasteiger partial charge >= 0.3 is 5.97 Å². The lowest BCUT2D eigenvalue weighted by Crippen LogP contribution is -2.34. The first kappa shape index (κ1) is 12.1. The monoisotopic (exact) mass is 233 g/mol. The molecule has 1 aliphatic heterocycles. The zero-order valence-corrected chi connectivity index (χ0v) is 10.4. The van der Waals surface area contributed by atoms with Gasteiger partial charge in [0.15, 0.2) is 0 Å². The van der Waals surface area contributed by atoms with Gasteiger partial charge in [0.05, 0.1) is 0 Å². The Morgan fingerprint density at radius 2 is 2.18 bits per heavy atom. The summed E-state index contributed by atoms with van der Waals surface area (Å²) < 4.78 is 5.49. The van der Waals surface area contributed by atoms with Gasteiger partial charge < -0.3 is 10.1 Å². The molecule has 1 unspecified atom stereocenters. The average molecular weight is 233 g/mol. The predicted octanol–water partition coefficient (Wildman–Crippen LogP) is 2.47. The Morgan fingerprint density at radius 3 is 2.82 bits per heavy atom. The number of nitrogens with one attached hydrogen (secondary N) is 1. The Bertz CT molecular complexity index is 395. The standard InChI is InChI=1S/C14H19NO2/c1-10(2)11-6-3-4-8-13(11)17-14(16)12-7-5-9-15-12/h3-4,6,8,10,12,15H,5,7,9H2,1-2H3. The van der Waals surface area contributed by atoms with Crippen molar-refractivity contribution in [2.45, 2.75) is 38.6 Å². The SMILES string of the molecule is CC(C)c1ccccc1OC(=O)C1CCCN1. The minimum absolute atomic E-state index is 0.129. The van der Waals surface area contributed by atoms with Crippen LogP contribution in [0.1, 0.15) is 38.2 Å². The largest absolute Gasteiger partial charge is 0.425 e. The number of hydrogen-bond acceptors (Lipinski definition) is 3. The summed E-state index contributed by atoms with van der Waals surface area (Å²) >= 11 is 0. The minimum atomic E-state index is -0.157. The number of carbonyl (C=O) groups is 1. The molecule has 0 aliphatic carbocycles. The molecule has 1 aliphatic rings. The maximum absolute atomic E-state index is 11.9. The summed E-state index contributed by atoms with van der Waals surface area (Å²) in [4.78, 5) is 11.9. The summed E-state index contributed by atoms with van der Waals surface area (Å²) in [5, 5.41) is 3.15. The zero-order chi connectivity index (χ0) is 12.3. The third-order valence-corrected chi connectivity index (χ3v) is 3.10. The van der Waals surface area contributed by atoms with Crippen LogP contribution in [0, 0.1) is 0 Å². The van der Waals surface area contributed by atoms with Gasteiger partial charge in [0.2, 0.25) is 0 Å². The van der Waals surface area contributed by atoms with Crippen LogP contribution in [-0.2, 0) is 4.79 Å². The molecule has 1 atom stereocenters. The highest BCUT2D eigenvalue weighted by molar-refractivity contribution is 5.78. The van der Waals surface area contributed by atoms with E-state index in [0.717, 1.165) is 24.9 Å². The summed E-state index contributed by atoms with van der Waals surface area (Å²) in [5.41, 5.74) is 1.08. The number of carbonyl (C=O) groups excluding carboxylic acids is 1. The van der Waals surface area contributed by atoms with Gasteiger partial charge in [-0.25, -0.2) is 4.79 Å². The second-order valence-corrected chi connectivity index (χ2v) is 4.76. The van der Waals surface area contributed by atoms with Crippen LogP contribution in [0.15, 0.2) is 24.3 Å². The van der Waals surface area contributed by atoms with E-state index in [1.807, 2.05) is 24.3 Å². The Morgan fingerprint density at radius 1 is 1.41 bits per heavy atom. The van der Waals surface area contributed by atoms with Crippen molar-refractivity contribution in [3.63, 3.8) is 0 Å². The lowest BCUT2D eigenvalue weighted by Gasteiger charge is -2.14. The van der Waals surface area contributed by atoms with E-state index < -0.39 is 0 Å². The summed E-state index contributed by atoms with van der Waals surface area (Å²) in [6, 6.07) is 7.62. The fraction of sp³-hybridized carbons (Fsp3) is 0.500. The third-order valence-electron chi connectivity index (χ3n) is 3.10. The van der Waals surface area contributed by atoms with Crippen LogP contribution in [0.3, 0.4) is 0 Å². The van der Waals surface area contributed by atoms with E-state index in [-0.39, 0.29) is 12.0 Å². The van der Waals surface area contributed by atoms with Crippen LogP contribution in [0.4, 0.5) is 0 Å². The number of hydrogen-bond donors (Lipinski definition) is 1. The molecule has 0 amide bonds. The Hall–Kier alpha value is -1.35. The third kappa shape index (κ3) is 2.86. The molecule has 2 rings (SSSR count). The second-order valence-electron chi connectivity index (χ2n) is 4.76. The van der Waals surface area contributed by atoms with Gasteiger partial charge in [-0.2, -0.15) is 0 Å². The van der Waals surface area contributed by atoms with Gasteiger partial charge in [-0.15, -0.1) is 0 Å².